The van der Waals surface area contributed by atoms with E-state index < -0.39 is 0 Å². The summed E-state index contributed by atoms with van der Waals surface area (Å²) in [6.45, 7) is 6.12. The molecule has 3 N–H and O–H groups in total. The molecule has 1 atom stereocenters. The van der Waals surface area contributed by atoms with Gasteiger partial charge in [-0.1, -0.05) is 12.1 Å². The van der Waals surface area contributed by atoms with Crippen LogP contribution in [0.1, 0.15) is 30.9 Å². The van der Waals surface area contributed by atoms with Crippen molar-refractivity contribution in [2.24, 2.45) is 5.73 Å². The second-order valence-corrected chi connectivity index (χ2v) is 7.23. The molecule has 2 aromatic carbocycles. The quantitative estimate of drug-likeness (QED) is 0.627. The monoisotopic (exact) mass is 415 g/mol. The van der Waals surface area contributed by atoms with E-state index in [1.807, 2.05) is 36.4 Å². The molecule has 0 radical (unpaired) electrons. The minimum atomic E-state index is -0.379. The van der Waals surface area contributed by atoms with E-state index in [1.54, 1.807) is 7.11 Å². The lowest BCUT2D eigenvalue weighted by atomic mass is 9.83. The number of hydrogen-bond acceptors (Lipinski definition) is 6. The molecule has 0 spiro atoms. The number of anilines is 1. The average Bonchev–Trinajstić information content (AvgIpc) is 3.22. The van der Waals surface area contributed by atoms with Crippen LogP contribution >= 0.6 is 0 Å². The Morgan fingerprint density at radius 2 is 1.81 bits per heavy atom. The maximum absolute atomic E-state index is 9.88. The molecule has 7 heteroatoms. The van der Waals surface area contributed by atoms with Gasteiger partial charge in [0, 0.05) is 24.3 Å². The number of nitrogens with two attached hydrogens (primary N) is 1. The van der Waals surface area contributed by atoms with Crippen LogP contribution in [0.5, 0.6) is 11.6 Å². The zero-order valence-corrected chi connectivity index (χ0v) is 17.8. The maximum Gasteiger partial charge on any atom is 0.244 e. The van der Waals surface area contributed by atoms with Crippen LogP contribution in [0.2, 0.25) is 0 Å². The molecule has 31 heavy (non-hydrogen) atoms. The first-order valence-corrected chi connectivity index (χ1v) is 10.3. The molecule has 7 nitrogen and oxygen atoms in total. The molecule has 0 bridgehead atoms. The van der Waals surface area contributed by atoms with E-state index in [2.05, 4.69) is 47.1 Å². The Hall–Kier alpha value is -3.92. The van der Waals surface area contributed by atoms with Gasteiger partial charge >= 0.3 is 0 Å². The number of allylic oxidation sites excluding steroid dienone is 1. The molecule has 0 saturated heterocycles. The Morgan fingerprint density at radius 3 is 2.39 bits per heavy atom. The summed E-state index contributed by atoms with van der Waals surface area (Å²) < 4.78 is 11.0. The predicted molar refractivity (Wildman–Crippen MR) is 120 cm³/mol. The minimum absolute atomic E-state index is 0.0839. The smallest absolute Gasteiger partial charge is 0.244 e. The van der Waals surface area contributed by atoms with Crippen molar-refractivity contribution in [2.75, 3.05) is 25.1 Å². The van der Waals surface area contributed by atoms with Crippen LogP contribution in [-0.2, 0) is 0 Å². The molecule has 0 fully saturated rings. The lowest BCUT2D eigenvalue weighted by molar-refractivity contribution is 0.379. The Labute approximate surface area is 181 Å². The summed E-state index contributed by atoms with van der Waals surface area (Å²) in [5.74, 6) is 0.856. The van der Waals surface area contributed by atoms with Gasteiger partial charge in [0.15, 0.2) is 0 Å². The van der Waals surface area contributed by atoms with Crippen molar-refractivity contribution in [3.63, 3.8) is 0 Å². The van der Waals surface area contributed by atoms with E-state index in [-0.39, 0.29) is 11.8 Å². The molecule has 4 rings (SSSR count). The zero-order valence-electron chi connectivity index (χ0n) is 17.8. The fourth-order valence-electron chi connectivity index (χ4n) is 4.02. The predicted octanol–water partition coefficient (Wildman–Crippen LogP) is 4.15. The molecule has 2 heterocycles. The summed E-state index contributed by atoms with van der Waals surface area (Å²) in [6.07, 6.45) is 0. The van der Waals surface area contributed by atoms with Crippen molar-refractivity contribution in [1.29, 1.82) is 5.26 Å². The molecule has 1 unspecified atom stereocenters. The standard InChI is InChI=1S/C24H25N5O2/c1-4-29(5-2)17-10-6-15(7-11-17)20-19(14-25)23(26)31-24-21(20)22(27-28-24)16-8-12-18(30-3)13-9-16/h6-13,20H,4-5,26H2,1-3H3,(H,27,28). The normalized spacial score (nSPS) is 15.1. The van der Waals surface area contributed by atoms with Crippen LogP contribution in [0.4, 0.5) is 5.69 Å². The number of nitrogens with zero attached hydrogens (tertiary/aromatic N) is 3. The number of fused-ring (bicyclic) bond motifs is 1. The number of rotatable bonds is 6. The fourth-order valence-corrected chi connectivity index (χ4v) is 4.02. The molecule has 0 saturated carbocycles. The Morgan fingerprint density at radius 1 is 1.13 bits per heavy atom. The summed E-state index contributed by atoms with van der Waals surface area (Å²) in [4.78, 5) is 2.27. The largest absolute Gasteiger partial charge is 0.497 e. The first kappa shape index (κ1) is 20.4. The Bertz CT molecular complexity index is 1140. The van der Waals surface area contributed by atoms with Crippen molar-refractivity contribution in [2.45, 2.75) is 19.8 Å². The number of aromatic amines is 1. The van der Waals surface area contributed by atoms with E-state index in [4.69, 9.17) is 15.2 Å². The molecule has 1 aliphatic rings. The molecular formula is C24H25N5O2. The third-order valence-corrected chi connectivity index (χ3v) is 5.67. The van der Waals surface area contributed by atoms with E-state index in [9.17, 15) is 5.26 Å². The van der Waals surface area contributed by atoms with Gasteiger partial charge in [-0.2, -0.15) is 5.26 Å². The highest BCUT2D eigenvalue weighted by Gasteiger charge is 2.35. The van der Waals surface area contributed by atoms with E-state index in [0.29, 0.717) is 11.5 Å². The van der Waals surface area contributed by atoms with Crippen molar-refractivity contribution in [1.82, 2.24) is 10.2 Å². The third-order valence-electron chi connectivity index (χ3n) is 5.67. The number of ether oxygens (including phenoxy) is 2. The highest BCUT2D eigenvalue weighted by Crippen LogP contribution is 2.45. The molecular weight excluding hydrogens is 390 g/mol. The second kappa shape index (κ2) is 8.44. The molecule has 0 amide bonds. The van der Waals surface area contributed by atoms with Gasteiger partial charge in [-0.25, -0.2) is 0 Å². The lowest BCUT2D eigenvalue weighted by Gasteiger charge is -2.25. The first-order chi connectivity index (χ1) is 15.1. The summed E-state index contributed by atoms with van der Waals surface area (Å²) >= 11 is 0. The summed E-state index contributed by atoms with van der Waals surface area (Å²) in [5.41, 5.74) is 11.1. The van der Waals surface area contributed by atoms with Gasteiger partial charge < -0.3 is 20.1 Å². The number of nitriles is 1. The maximum atomic E-state index is 9.88. The average molecular weight is 415 g/mol. The van der Waals surface area contributed by atoms with Gasteiger partial charge in [-0.05, 0) is 55.8 Å². The van der Waals surface area contributed by atoms with Gasteiger partial charge in [0.2, 0.25) is 11.8 Å². The third kappa shape index (κ3) is 3.57. The van der Waals surface area contributed by atoms with Crippen molar-refractivity contribution in [3.8, 4) is 29.0 Å². The summed E-state index contributed by atoms with van der Waals surface area (Å²) in [6, 6.07) is 18.2. The molecule has 158 valence electrons. The van der Waals surface area contributed by atoms with Gasteiger partial charge in [-0.3, -0.25) is 5.10 Å². The topological polar surface area (TPSA) is 100 Å². The van der Waals surface area contributed by atoms with E-state index in [0.717, 1.165) is 46.9 Å². The highest BCUT2D eigenvalue weighted by atomic mass is 16.5. The Balaban J connectivity index is 1.82. The van der Waals surface area contributed by atoms with Crippen molar-refractivity contribution in [3.05, 3.63) is 71.1 Å². The number of hydrogen-bond donors (Lipinski definition) is 2. The molecule has 0 aliphatic carbocycles. The minimum Gasteiger partial charge on any atom is -0.497 e. The van der Waals surface area contributed by atoms with Crippen LogP contribution in [0.25, 0.3) is 11.3 Å². The van der Waals surface area contributed by atoms with Gasteiger partial charge in [-0.15, -0.1) is 5.10 Å². The van der Waals surface area contributed by atoms with Crippen molar-refractivity contribution < 1.29 is 9.47 Å². The van der Waals surface area contributed by atoms with Gasteiger partial charge in [0.25, 0.3) is 0 Å². The first-order valence-electron chi connectivity index (χ1n) is 10.3. The SMILES string of the molecule is CCN(CC)c1ccc(C2C(C#N)=C(N)Oc3n[nH]c(-c4ccc(OC)cc4)c32)cc1. The number of nitrogens with one attached hydrogen (secondary N) is 1. The number of methoxy groups -OCH3 is 1. The zero-order chi connectivity index (χ0) is 22.0. The van der Waals surface area contributed by atoms with Crippen LogP contribution < -0.4 is 20.1 Å². The van der Waals surface area contributed by atoms with E-state index >= 15 is 0 Å². The molecule has 1 aromatic heterocycles. The fraction of sp³-hybridized carbons (Fsp3) is 0.250. The number of H-pyrrole nitrogens is 1. The lowest BCUT2D eigenvalue weighted by Crippen LogP contribution is -2.22. The molecule has 1 aliphatic heterocycles. The highest BCUT2D eigenvalue weighted by molar-refractivity contribution is 5.71. The summed E-state index contributed by atoms with van der Waals surface area (Å²) in [5, 5.41) is 17.3. The van der Waals surface area contributed by atoms with Crippen LogP contribution in [0.15, 0.2) is 60.0 Å². The van der Waals surface area contributed by atoms with Crippen LogP contribution in [0, 0.1) is 11.3 Å². The summed E-state index contributed by atoms with van der Waals surface area (Å²) in [7, 11) is 1.63. The Kier molecular flexibility index (Phi) is 5.54. The van der Waals surface area contributed by atoms with E-state index in [1.165, 1.54) is 0 Å². The van der Waals surface area contributed by atoms with Crippen molar-refractivity contribution >= 4 is 5.69 Å². The van der Waals surface area contributed by atoms with Crippen LogP contribution in [0.3, 0.4) is 0 Å². The number of aromatic nitrogens is 2. The van der Waals surface area contributed by atoms with Gasteiger partial charge in [0.05, 0.1) is 24.3 Å². The van der Waals surface area contributed by atoms with Gasteiger partial charge in [0.1, 0.15) is 17.4 Å². The number of benzene rings is 2. The van der Waals surface area contributed by atoms with Crippen LogP contribution in [-0.4, -0.2) is 30.4 Å². The second-order valence-electron chi connectivity index (χ2n) is 7.23. The molecule has 3 aromatic rings.